The van der Waals surface area contributed by atoms with Gasteiger partial charge in [0.05, 0.1) is 11.5 Å². The number of fused-ring (bicyclic) bond motifs is 1. The van der Waals surface area contributed by atoms with Gasteiger partial charge in [-0.1, -0.05) is 27.7 Å². The second-order valence-electron chi connectivity index (χ2n) is 8.89. The van der Waals surface area contributed by atoms with Crippen molar-refractivity contribution in [2.75, 3.05) is 11.5 Å². The van der Waals surface area contributed by atoms with E-state index < -0.39 is 61.0 Å². The maximum atomic E-state index is 12.7. The van der Waals surface area contributed by atoms with Gasteiger partial charge in [-0.2, -0.15) is 0 Å². The first-order chi connectivity index (χ1) is 11.3. The summed E-state index contributed by atoms with van der Waals surface area (Å²) in [6, 6.07) is 0. The molecular weight excluding hydrogens is 368 g/mol. The minimum absolute atomic E-state index is 0.367. The van der Waals surface area contributed by atoms with Gasteiger partial charge in [0.15, 0.2) is 11.2 Å². The number of aliphatic hydroxyl groups excluding tert-OH is 1. The molecule has 0 aromatic carbocycles. The van der Waals surface area contributed by atoms with E-state index in [1.165, 1.54) is 11.8 Å². The summed E-state index contributed by atoms with van der Waals surface area (Å²) in [5, 5.41) is 55.2. The van der Waals surface area contributed by atoms with Crippen LogP contribution in [0.5, 0.6) is 0 Å². The Morgan fingerprint density at radius 2 is 1.64 bits per heavy atom. The summed E-state index contributed by atoms with van der Waals surface area (Å²) in [6.07, 6.45) is -1.92. The number of hydrogen-bond donors (Lipinski definition) is 5. The van der Waals surface area contributed by atoms with E-state index in [1.807, 2.05) is 0 Å². The Kier molecular flexibility index (Phi) is 3.45. The molecule has 0 radical (unpaired) electrons. The van der Waals surface area contributed by atoms with Crippen molar-refractivity contribution in [2.45, 2.75) is 73.5 Å². The van der Waals surface area contributed by atoms with E-state index in [0.717, 1.165) is 6.42 Å². The molecule has 2 saturated carbocycles. The van der Waals surface area contributed by atoms with Crippen LogP contribution in [0.15, 0.2) is 0 Å². The standard InChI is InChI=1S/C16H26O7S2/c1-11(2)8(17)13(11,18)9-14(19,10-24-6-5-7-25(10)22)15(20)12(3,4)16(15,21)23-9/h8-10,17-21H,5-7H2,1-4H3/t8?,9-,10+,13-,14+,15-,16+,25?/m1/s1. The van der Waals surface area contributed by atoms with Gasteiger partial charge >= 0.3 is 0 Å². The lowest BCUT2D eigenvalue weighted by molar-refractivity contribution is -0.225. The van der Waals surface area contributed by atoms with Crippen LogP contribution < -0.4 is 0 Å². The van der Waals surface area contributed by atoms with Crippen LogP contribution in [-0.2, 0) is 15.5 Å². The van der Waals surface area contributed by atoms with Gasteiger partial charge in [0.1, 0.15) is 16.3 Å². The fraction of sp³-hybridized carbons (Fsp3) is 1.00. The zero-order chi connectivity index (χ0) is 18.8. The number of rotatable bonds is 2. The molecule has 144 valence electrons. The third kappa shape index (κ3) is 1.58. The lowest BCUT2D eigenvalue weighted by Crippen LogP contribution is -2.66. The molecular formula is C16H26O7S2. The average Bonchev–Trinajstić information content (AvgIpc) is 3.02. The largest absolute Gasteiger partial charge is 0.389 e. The normalized spacial score (nSPS) is 61.6. The van der Waals surface area contributed by atoms with Gasteiger partial charge in [-0.15, -0.1) is 11.8 Å². The van der Waals surface area contributed by atoms with E-state index in [-0.39, 0.29) is 0 Å². The Morgan fingerprint density at radius 1 is 1.08 bits per heavy atom. The van der Waals surface area contributed by atoms with Crippen LogP contribution in [0.25, 0.3) is 0 Å². The van der Waals surface area contributed by atoms with E-state index in [1.54, 1.807) is 27.7 Å². The molecule has 8 atom stereocenters. The summed E-state index contributed by atoms with van der Waals surface area (Å²) in [6.45, 7) is 6.36. The van der Waals surface area contributed by atoms with Crippen molar-refractivity contribution in [3.05, 3.63) is 0 Å². The third-order valence-electron chi connectivity index (χ3n) is 7.25. The maximum absolute atomic E-state index is 12.7. The highest BCUT2D eigenvalue weighted by atomic mass is 32.2. The zero-order valence-corrected chi connectivity index (χ0v) is 16.4. The van der Waals surface area contributed by atoms with Crippen molar-refractivity contribution in [2.24, 2.45) is 10.8 Å². The van der Waals surface area contributed by atoms with Crippen LogP contribution >= 0.6 is 11.8 Å². The lowest BCUT2D eigenvalue weighted by Gasteiger charge is -2.45. The van der Waals surface area contributed by atoms with Crippen LogP contribution in [0.4, 0.5) is 0 Å². The smallest absolute Gasteiger partial charge is 0.207 e. The molecule has 25 heavy (non-hydrogen) atoms. The van der Waals surface area contributed by atoms with E-state index in [4.69, 9.17) is 4.74 Å². The zero-order valence-electron chi connectivity index (χ0n) is 14.7. The molecule has 9 heteroatoms. The van der Waals surface area contributed by atoms with Crippen LogP contribution in [0.3, 0.4) is 0 Å². The number of hydrogen-bond acceptors (Lipinski definition) is 8. The van der Waals surface area contributed by atoms with Gasteiger partial charge in [0.25, 0.3) is 0 Å². The molecule has 2 aliphatic carbocycles. The van der Waals surface area contributed by atoms with Crippen molar-refractivity contribution < 1.29 is 34.5 Å². The minimum Gasteiger partial charge on any atom is -0.389 e. The van der Waals surface area contributed by atoms with Crippen LogP contribution in [0, 0.1) is 10.8 Å². The number of thioether (sulfide) groups is 1. The lowest BCUT2D eigenvalue weighted by atomic mass is 9.80. The Morgan fingerprint density at radius 3 is 2.12 bits per heavy atom. The molecule has 2 unspecified atom stereocenters. The molecule has 4 fully saturated rings. The van der Waals surface area contributed by atoms with E-state index in [0.29, 0.717) is 11.5 Å². The minimum atomic E-state index is -2.16. The molecule has 0 aromatic rings. The highest BCUT2D eigenvalue weighted by Gasteiger charge is 3.01. The van der Waals surface area contributed by atoms with E-state index in [2.05, 4.69) is 0 Å². The summed E-state index contributed by atoms with van der Waals surface area (Å²) < 4.78 is 17.4. The van der Waals surface area contributed by atoms with Gasteiger partial charge in [0.2, 0.25) is 5.79 Å². The second kappa shape index (κ2) is 4.63. The van der Waals surface area contributed by atoms with Gasteiger partial charge in [-0.05, 0) is 12.2 Å². The molecule has 4 rings (SSSR count). The van der Waals surface area contributed by atoms with Crippen molar-refractivity contribution in [3.8, 4) is 0 Å². The average molecular weight is 395 g/mol. The summed E-state index contributed by atoms with van der Waals surface area (Å²) in [5.41, 5.74) is -8.28. The van der Waals surface area contributed by atoms with Gasteiger partial charge in [-0.3, -0.25) is 4.21 Å². The first kappa shape index (κ1) is 18.6. The quantitative estimate of drug-likeness (QED) is 0.400. The number of aliphatic hydroxyl groups is 5. The summed E-state index contributed by atoms with van der Waals surface area (Å²) in [4.78, 5) is 0. The highest BCUT2D eigenvalue weighted by molar-refractivity contribution is 8.12. The molecule has 2 aliphatic heterocycles. The van der Waals surface area contributed by atoms with Crippen molar-refractivity contribution >= 4 is 22.6 Å². The summed E-state index contributed by atoms with van der Waals surface area (Å²) in [7, 11) is -1.47. The fourth-order valence-corrected chi connectivity index (χ4v) is 8.87. The maximum Gasteiger partial charge on any atom is 0.207 e. The Bertz CT molecular complexity index is 669. The van der Waals surface area contributed by atoms with Crippen molar-refractivity contribution in [1.82, 2.24) is 0 Å². The van der Waals surface area contributed by atoms with E-state index in [9.17, 15) is 29.7 Å². The summed E-state index contributed by atoms with van der Waals surface area (Å²) >= 11 is 1.25. The third-order valence-corrected chi connectivity index (χ3v) is 11.0. The topological polar surface area (TPSA) is 127 Å². The molecule has 0 amide bonds. The van der Waals surface area contributed by atoms with Crippen molar-refractivity contribution in [3.63, 3.8) is 0 Å². The molecule has 7 nitrogen and oxygen atoms in total. The molecule has 2 saturated heterocycles. The molecule has 2 heterocycles. The van der Waals surface area contributed by atoms with Gasteiger partial charge < -0.3 is 30.3 Å². The Balaban J connectivity index is 1.86. The first-order valence-corrected chi connectivity index (χ1v) is 10.9. The molecule has 0 aromatic heterocycles. The molecule has 4 aliphatic rings. The van der Waals surface area contributed by atoms with Crippen LogP contribution in [0.2, 0.25) is 0 Å². The van der Waals surface area contributed by atoms with Gasteiger partial charge in [-0.25, -0.2) is 0 Å². The molecule has 0 bridgehead atoms. The second-order valence-corrected chi connectivity index (χ2v) is 12.0. The Labute approximate surface area is 153 Å². The van der Waals surface area contributed by atoms with Crippen LogP contribution in [0.1, 0.15) is 34.1 Å². The van der Waals surface area contributed by atoms with Crippen molar-refractivity contribution in [1.29, 1.82) is 0 Å². The SMILES string of the molecule is CC1(C)C(O)[C@@]1(O)[C@H]1O[C@@]2(O)C(C)(C)[C@@]2(O)[C@@]1(O)[C@H]1SCCCS1=O. The predicted octanol–water partition coefficient (Wildman–Crippen LogP) is -1.08. The predicted molar refractivity (Wildman–Crippen MR) is 92.1 cm³/mol. The van der Waals surface area contributed by atoms with E-state index >= 15 is 0 Å². The summed E-state index contributed by atoms with van der Waals surface area (Å²) in [5.74, 6) is -1.06. The fourth-order valence-electron chi connectivity index (χ4n) is 5.09. The van der Waals surface area contributed by atoms with Crippen LogP contribution in [-0.4, -0.2) is 80.6 Å². The van der Waals surface area contributed by atoms with Gasteiger partial charge in [0, 0.05) is 22.0 Å². The first-order valence-electron chi connectivity index (χ1n) is 8.50. The Hall–Kier alpha value is 0.260. The highest BCUT2D eigenvalue weighted by Crippen LogP contribution is 2.79. The number of ether oxygens (including phenoxy) is 1. The molecule has 0 spiro atoms. The molecule has 5 N–H and O–H groups in total. The monoisotopic (exact) mass is 394 g/mol.